The molecule has 2 atom stereocenters. The summed E-state index contributed by atoms with van der Waals surface area (Å²) in [5.74, 6) is -0.0438. The molecule has 1 amide bonds. The van der Waals surface area contributed by atoms with Crippen LogP contribution in [-0.2, 0) is 14.3 Å². The highest BCUT2D eigenvalue weighted by molar-refractivity contribution is 5.76. The number of carbonyl (C=O) groups excluding carboxylic acids is 2. The molecule has 0 saturated carbocycles. The van der Waals surface area contributed by atoms with Crippen molar-refractivity contribution in [3.63, 3.8) is 0 Å². The lowest BCUT2D eigenvalue weighted by atomic mass is 10.0. The smallest absolute Gasteiger partial charge is 0.305 e. The van der Waals surface area contributed by atoms with Gasteiger partial charge >= 0.3 is 5.97 Å². The summed E-state index contributed by atoms with van der Waals surface area (Å²) in [6.07, 6.45) is 82.1. The Balaban J connectivity index is 3.43. The van der Waals surface area contributed by atoms with Crippen molar-refractivity contribution in [3.8, 4) is 0 Å². The van der Waals surface area contributed by atoms with Gasteiger partial charge in [0.1, 0.15) is 0 Å². The largest absolute Gasteiger partial charge is 0.466 e. The van der Waals surface area contributed by atoms with Crippen LogP contribution in [0, 0.1) is 0 Å². The number of esters is 1. The highest BCUT2D eigenvalue weighted by Crippen LogP contribution is 2.18. The highest BCUT2D eigenvalue weighted by atomic mass is 16.5. The fourth-order valence-electron chi connectivity index (χ4n) is 10.9. The van der Waals surface area contributed by atoms with E-state index in [2.05, 4.69) is 43.5 Å². The molecular formula is C70H135NO5. The predicted octanol–water partition coefficient (Wildman–Crippen LogP) is 22.1. The molecule has 2 unspecified atom stereocenters. The molecule has 0 aromatic carbocycles. The van der Waals surface area contributed by atoms with Crippen LogP contribution in [0.1, 0.15) is 386 Å². The van der Waals surface area contributed by atoms with E-state index in [4.69, 9.17) is 4.74 Å². The normalized spacial score (nSPS) is 12.6. The Kier molecular flexibility index (Phi) is 64.4. The van der Waals surface area contributed by atoms with Crippen molar-refractivity contribution >= 4 is 11.9 Å². The van der Waals surface area contributed by atoms with Crippen LogP contribution in [0.2, 0.25) is 0 Å². The van der Waals surface area contributed by atoms with Gasteiger partial charge in [0.25, 0.3) is 0 Å². The van der Waals surface area contributed by atoms with E-state index in [0.717, 1.165) is 51.4 Å². The zero-order valence-electron chi connectivity index (χ0n) is 51.5. The molecule has 0 aromatic heterocycles. The van der Waals surface area contributed by atoms with Crippen molar-refractivity contribution in [2.24, 2.45) is 0 Å². The molecule has 6 nitrogen and oxygen atoms in total. The number of aliphatic hydroxyl groups is 2. The lowest BCUT2D eigenvalue weighted by Crippen LogP contribution is -2.45. The Labute approximate surface area is 475 Å². The average Bonchev–Trinajstić information content (AvgIpc) is 3.42. The Morgan fingerprint density at radius 3 is 0.934 bits per heavy atom. The van der Waals surface area contributed by atoms with Crippen molar-refractivity contribution < 1.29 is 24.5 Å². The van der Waals surface area contributed by atoms with Crippen LogP contribution in [0.15, 0.2) is 24.3 Å². The van der Waals surface area contributed by atoms with E-state index in [9.17, 15) is 19.8 Å². The van der Waals surface area contributed by atoms with Gasteiger partial charge in [0, 0.05) is 12.8 Å². The number of ether oxygens (including phenoxy) is 1. The minimum absolute atomic E-state index is 0.00106. The van der Waals surface area contributed by atoms with Crippen molar-refractivity contribution in [1.29, 1.82) is 0 Å². The quantitative estimate of drug-likeness (QED) is 0.0320. The van der Waals surface area contributed by atoms with Gasteiger partial charge in [0.2, 0.25) is 5.91 Å². The van der Waals surface area contributed by atoms with Crippen LogP contribution in [0.4, 0.5) is 0 Å². The van der Waals surface area contributed by atoms with Crippen LogP contribution in [0.25, 0.3) is 0 Å². The molecule has 76 heavy (non-hydrogen) atoms. The van der Waals surface area contributed by atoms with E-state index in [1.54, 1.807) is 0 Å². The van der Waals surface area contributed by atoms with Gasteiger partial charge in [-0.2, -0.15) is 0 Å². The third-order valence-electron chi connectivity index (χ3n) is 16.2. The Hall–Kier alpha value is -1.66. The van der Waals surface area contributed by atoms with Gasteiger partial charge in [-0.15, -0.1) is 0 Å². The molecule has 0 spiro atoms. The van der Waals surface area contributed by atoms with Gasteiger partial charge in [0.15, 0.2) is 0 Å². The second kappa shape index (κ2) is 65.9. The fourth-order valence-corrected chi connectivity index (χ4v) is 10.9. The molecule has 0 fully saturated rings. The Bertz CT molecular complexity index is 1190. The van der Waals surface area contributed by atoms with Crippen LogP contribution in [0.3, 0.4) is 0 Å². The Morgan fingerprint density at radius 1 is 0.355 bits per heavy atom. The molecular weight excluding hydrogens is 935 g/mol. The number of aliphatic hydroxyl groups excluding tert-OH is 2. The first-order valence-electron chi connectivity index (χ1n) is 34.6. The van der Waals surface area contributed by atoms with Gasteiger partial charge in [-0.1, -0.05) is 321 Å². The summed E-state index contributed by atoms with van der Waals surface area (Å²) < 4.78 is 5.50. The number of allylic oxidation sites excluding steroid dienone is 4. The highest BCUT2D eigenvalue weighted by Gasteiger charge is 2.20. The number of carbonyl (C=O) groups is 2. The van der Waals surface area contributed by atoms with Crippen molar-refractivity contribution in [1.82, 2.24) is 5.32 Å². The van der Waals surface area contributed by atoms with Crippen molar-refractivity contribution in [2.75, 3.05) is 13.2 Å². The second-order valence-electron chi connectivity index (χ2n) is 23.9. The molecule has 6 heteroatoms. The SMILES string of the molecule is CCCCCCCC/C=C\CCCCCCCCCCCC(=O)OCCCCCCCC/C=C\CCCCCCCCCC(=O)NC(CO)C(O)CCCCCCCCCCCCCCCCCCCCCCCCC. The first kappa shape index (κ1) is 74.3. The molecule has 450 valence electrons. The van der Waals surface area contributed by atoms with Gasteiger partial charge < -0.3 is 20.3 Å². The predicted molar refractivity (Wildman–Crippen MR) is 333 cm³/mol. The topological polar surface area (TPSA) is 95.9 Å². The molecule has 0 aliphatic heterocycles. The van der Waals surface area contributed by atoms with Gasteiger partial charge in [-0.25, -0.2) is 0 Å². The molecule has 0 aromatic rings. The molecule has 0 heterocycles. The van der Waals surface area contributed by atoms with Crippen molar-refractivity contribution in [3.05, 3.63) is 24.3 Å². The second-order valence-corrected chi connectivity index (χ2v) is 23.9. The van der Waals surface area contributed by atoms with E-state index in [1.807, 2.05) is 0 Å². The average molecular weight is 1070 g/mol. The summed E-state index contributed by atoms with van der Waals surface area (Å²) in [5, 5.41) is 23.4. The summed E-state index contributed by atoms with van der Waals surface area (Å²) in [6, 6.07) is -0.552. The lowest BCUT2D eigenvalue weighted by molar-refractivity contribution is -0.143. The summed E-state index contributed by atoms with van der Waals surface area (Å²) in [6.45, 7) is 4.96. The molecule has 0 aliphatic carbocycles. The molecule has 0 radical (unpaired) electrons. The summed E-state index contributed by atoms with van der Waals surface area (Å²) in [4.78, 5) is 24.7. The van der Waals surface area contributed by atoms with Gasteiger partial charge in [-0.05, 0) is 77.0 Å². The number of hydrogen-bond donors (Lipinski definition) is 3. The van der Waals surface area contributed by atoms with E-state index in [1.165, 1.54) is 302 Å². The molecule has 0 bridgehead atoms. The number of nitrogens with one attached hydrogen (secondary N) is 1. The summed E-state index contributed by atoms with van der Waals surface area (Å²) in [7, 11) is 0. The first-order valence-corrected chi connectivity index (χ1v) is 34.6. The maximum atomic E-state index is 12.5. The van der Waals surface area contributed by atoms with E-state index >= 15 is 0 Å². The molecule has 0 rings (SSSR count). The summed E-state index contributed by atoms with van der Waals surface area (Å²) >= 11 is 0. The maximum absolute atomic E-state index is 12.5. The summed E-state index contributed by atoms with van der Waals surface area (Å²) in [5.41, 5.74) is 0. The monoisotopic (exact) mass is 1070 g/mol. The fraction of sp³-hybridized carbons (Fsp3) is 0.914. The number of amides is 1. The molecule has 0 aliphatic rings. The van der Waals surface area contributed by atoms with Crippen LogP contribution in [0.5, 0.6) is 0 Å². The number of unbranched alkanes of at least 4 members (excludes halogenated alkanes) is 50. The van der Waals surface area contributed by atoms with Crippen LogP contribution < -0.4 is 5.32 Å². The lowest BCUT2D eigenvalue weighted by Gasteiger charge is -2.22. The maximum Gasteiger partial charge on any atom is 0.305 e. The van der Waals surface area contributed by atoms with E-state index in [0.29, 0.717) is 25.9 Å². The molecule has 0 saturated heterocycles. The van der Waals surface area contributed by atoms with Crippen LogP contribution >= 0.6 is 0 Å². The Morgan fingerprint density at radius 2 is 0.618 bits per heavy atom. The minimum atomic E-state index is -0.674. The van der Waals surface area contributed by atoms with Crippen LogP contribution in [-0.4, -0.2) is 47.4 Å². The van der Waals surface area contributed by atoms with E-state index in [-0.39, 0.29) is 18.5 Å². The van der Waals surface area contributed by atoms with Gasteiger partial charge in [-0.3, -0.25) is 9.59 Å². The third-order valence-corrected chi connectivity index (χ3v) is 16.2. The molecule has 3 N–H and O–H groups in total. The number of rotatable bonds is 65. The third kappa shape index (κ3) is 61.6. The first-order chi connectivity index (χ1) is 37.5. The minimum Gasteiger partial charge on any atom is -0.466 e. The zero-order valence-corrected chi connectivity index (χ0v) is 51.5. The van der Waals surface area contributed by atoms with Crippen molar-refractivity contribution in [2.45, 2.75) is 398 Å². The number of hydrogen-bond acceptors (Lipinski definition) is 5. The zero-order chi connectivity index (χ0) is 55.0. The van der Waals surface area contributed by atoms with Gasteiger partial charge in [0.05, 0.1) is 25.4 Å². The van der Waals surface area contributed by atoms with E-state index < -0.39 is 12.1 Å². The standard InChI is InChI=1S/C70H135NO5/c1-3-5-7-9-11-13-15-17-19-21-23-24-25-26-28-30-34-38-42-46-50-54-58-62-68(73)67(66-72)71-69(74)63-59-55-51-47-43-39-35-31-29-33-37-41-45-49-53-57-61-65-76-70(75)64-60-56-52-48-44-40-36-32-27-22-20-18-16-14-12-10-8-6-4-2/h18,20,29,33,67-68,72-73H,3-17,19,21-28,30-32,34-66H2,1-2H3,(H,71,74)/b20-18-,33-29-.